The Hall–Kier alpha value is -1.40. The van der Waals surface area contributed by atoms with E-state index in [0.29, 0.717) is 17.1 Å². The highest BCUT2D eigenvalue weighted by molar-refractivity contribution is 9.10. The van der Waals surface area contributed by atoms with E-state index in [2.05, 4.69) is 25.9 Å². The van der Waals surface area contributed by atoms with Crippen LogP contribution in [0.3, 0.4) is 0 Å². The van der Waals surface area contributed by atoms with E-state index in [9.17, 15) is 0 Å². The monoisotopic (exact) mass is 324 g/mol. The average Bonchev–Trinajstić information content (AvgIpc) is 2.41. The molecule has 0 saturated carbocycles. The first-order valence-corrected chi connectivity index (χ1v) is 6.57. The number of fused-ring (bicyclic) bond motifs is 1. The summed E-state index contributed by atoms with van der Waals surface area (Å²) >= 11 is 8.46. The predicted molar refractivity (Wildman–Crippen MR) is 72.4 cm³/mol. The van der Waals surface area contributed by atoms with Crippen molar-refractivity contribution >= 4 is 28.1 Å². The van der Waals surface area contributed by atoms with Gasteiger partial charge >= 0.3 is 0 Å². The number of aromatic nitrogens is 2. The number of halogens is 1. The van der Waals surface area contributed by atoms with Crippen LogP contribution in [0.1, 0.15) is 11.9 Å². The topological polar surface area (TPSA) is 47.1 Å². The summed E-state index contributed by atoms with van der Waals surface area (Å²) in [6.45, 7) is 0.414. The fourth-order valence-corrected chi connectivity index (χ4v) is 2.07. The molecule has 0 radical (unpaired) electrons. The highest BCUT2D eigenvalue weighted by atomic mass is 79.9. The Morgan fingerprint density at radius 1 is 1.33 bits per heavy atom. The second kappa shape index (κ2) is 4.70. The van der Waals surface area contributed by atoms with Gasteiger partial charge in [-0.3, -0.25) is 0 Å². The smallest absolute Gasteiger partial charge is 0.190 e. The molecule has 2 aromatic rings. The number of ether oxygens (including phenoxy) is 2. The zero-order valence-corrected chi connectivity index (χ0v) is 11.6. The van der Waals surface area contributed by atoms with Crippen LogP contribution in [-0.2, 0) is 0 Å². The van der Waals surface area contributed by atoms with Gasteiger partial charge in [0.2, 0.25) is 0 Å². The Morgan fingerprint density at radius 2 is 2.11 bits per heavy atom. The summed E-state index contributed by atoms with van der Waals surface area (Å²) in [6.07, 6.45) is 1.40. The van der Waals surface area contributed by atoms with E-state index in [1.54, 1.807) is 6.20 Å². The molecule has 0 spiro atoms. The van der Waals surface area contributed by atoms with Crippen LogP contribution in [-0.4, -0.2) is 16.6 Å². The number of para-hydroxylation sites is 2. The third-order valence-electron chi connectivity index (χ3n) is 2.59. The van der Waals surface area contributed by atoms with Gasteiger partial charge in [-0.05, 0) is 28.1 Å². The molecule has 0 aliphatic carbocycles. The van der Waals surface area contributed by atoms with E-state index < -0.39 is 0 Å². The molecule has 4 nitrogen and oxygen atoms in total. The van der Waals surface area contributed by atoms with Crippen LogP contribution in [0.25, 0.3) is 0 Å². The van der Waals surface area contributed by atoms with Gasteiger partial charge < -0.3 is 14.5 Å². The van der Waals surface area contributed by atoms with Crippen molar-refractivity contribution in [2.45, 2.75) is 6.10 Å². The fraction of sp³-hybridized carbons (Fsp3) is 0.167. The number of aromatic amines is 1. The lowest BCUT2D eigenvalue weighted by Gasteiger charge is -2.25. The minimum absolute atomic E-state index is 0.269. The highest BCUT2D eigenvalue weighted by Gasteiger charge is 2.23. The highest BCUT2D eigenvalue weighted by Crippen LogP contribution is 2.34. The molecule has 0 bridgehead atoms. The normalized spacial score (nSPS) is 17.5. The summed E-state index contributed by atoms with van der Waals surface area (Å²) in [7, 11) is 0. The molecule has 3 rings (SSSR count). The molecule has 0 fully saturated rings. The molecule has 1 aromatic carbocycles. The molecule has 1 atom stereocenters. The second-order valence-corrected chi connectivity index (χ2v) is 5.07. The van der Waals surface area contributed by atoms with Crippen molar-refractivity contribution < 1.29 is 9.47 Å². The Kier molecular flexibility index (Phi) is 3.05. The van der Waals surface area contributed by atoms with E-state index >= 15 is 0 Å². The molecule has 1 unspecified atom stereocenters. The summed E-state index contributed by atoms with van der Waals surface area (Å²) in [4.78, 5) is 7.29. The van der Waals surface area contributed by atoms with E-state index in [0.717, 1.165) is 16.0 Å². The van der Waals surface area contributed by atoms with E-state index in [1.807, 2.05) is 24.3 Å². The van der Waals surface area contributed by atoms with Gasteiger partial charge in [0.15, 0.2) is 23.4 Å². The molecule has 92 valence electrons. The number of nitrogens with zero attached hydrogens (tertiary/aromatic N) is 1. The SMILES string of the molecule is S=c1[nH]c(C2COc3ccccc3O2)ncc1Br. The standard InChI is InChI=1S/C12H9BrN2O2S/c13-7-5-14-11(15-12(7)18)10-6-16-8-3-1-2-4-9(8)17-10/h1-5,10H,6H2,(H,14,15,18). The van der Waals surface area contributed by atoms with Crippen molar-refractivity contribution in [3.8, 4) is 11.5 Å². The average molecular weight is 325 g/mol. The Balaban J connectivity index is 1.92. The van der Waals surface area contributed by atoms with E-state index in [4.69, 9.17) is 21.7 Å². The molecule has 0 saturated heterocycles. The molecule has 18 heavy (non-hydrogen) atoms. The minimum atomic E-state index is -0.269. The van der Waals surface area contributed by atoms with Crippen LogP contribution in [0, 0.1) is 4.64 Å². The first-order chi connectivity index (χ1) is 8.74. The lowest BCUT2D eigenvalue weighted by Crippen LogP contribution is -2.23. The molecule has 1 aromatic heterocycles. The summed E-state index contributed by atoms with van der Waals surface area (Å²) in [6, 6.07) is 7.56. The van der Waals surface area contributed by atoms with E-state index in [1.165, 1.54) is 0 Å². The van der Waals surface area contributed by atoms with Crippen molar-refractivity contribution in [1.29, 1.82) is 0 Å². The van der Waals surface area contributed by atoms with Crippen LogP contribution in [0.15, 0.2) is 34.9 Å². The van der Waals surface area contributed by atoms with Crippen molar-refractivity contribution in [3.63, 3.8) is 0 Å². The van der Waals surface area contributed by atoms with Gasteiger partial charge in [-0.15, -0.1) is 0 Å². The maximum atomic E-state index is 5.83. The van der Waals surface area contributed by atoms with Gasteiger partial charge in [-0.25, -0.2) is 4.98 Å². The van der Waals surface area contributed by atoms with Gasteiger partial charge in [0.25, 0.3) is 0 Å². The molecular weight excluding hydrogens is 316 g/mol. The quantitative estimate of drug-likeness (QED) is 0.816. The van der Waals surface area contributed by atoms with Gasteiger partial charge in [0.05, 0.1) is 4.47 Å². The first-order valence-electron chi connectivity index (χ1n) is 5.37. The van der Waals surface area contributed by atoms with Crippen LogP contribution in [0.2, 0.25) is 0 Å². The lowest BCUT2D eigenvalue weighted by atomic mass is 10.2. The molecule has 1 aliphatic heterocycles. The molecular formula is C12H9BrN2O2S. The van der Waals surface area contributed by atoms with Gasteiger partial charge in [0, 0.05) is 6.20 Å². The lowest BCUT2D eigenvalue weighted by molar-refractivity contribution is 0.0849. The van der Waals surface area contributed by atoms with Gasteiger partial charge in [-0.2, -0.15) is 0 Å². The summed E-state index contributed by atoms with van der Waals surface area (Å²) in [5, 5.41) is 0. The third-order valence-corrected chi connectivity index (χ3v) is 3.77. The van der Waals surface area contributed by atoms with E-state index in [-0.39, 0.29) is 6.10 Å². The van der Waals surface area contributed by atoms with Crippen LogP contribution in [0.4, 0.5) is 0 Å². The maximum absolute atomic E-state index is 5.83. The number of hydrogen-bond acceptors (Lipinski definition) is 4. The first kappa shape index (κ1) is 11.7. The van der Waals surface area contributed by atoms with Crippen molar-refractivity contribution in [3.05, 3.63) is 45.4 Å². The van der Waals surface area contributed by atoms with Crippen LogP contribution >= 0.6 is 28.1 Å². The molecule has 1 aliphatic rings. The van der Waals surface area contributed by atoms with Crippen molar-refractivity contribution in [2.75, 3.05) is 6.61 Å². The molecule has 6 heteroatoms. The number of hydrogen-bond donors (Lipinski definition) is 1. The molecule has 2 heterocycles. The molecule has 0 amide bonds. The van der Waals surface area contributed by atoms with Crippen LogP contribution in [0.5, 0.6) is 11.5 Å². The number of H-pyrrole nitrogens is 1. The Bertz CT molecular complexity index is 644. The Morgan fingerprint density at radius 3 is 2.89 bits per heavy atom. The maximum Gasteiger partial charge on any atom is 0.190 e. The predicted octanol–water partition coefficient (Wildman–Crippen LogP) is 3.41. The molecule has 1 N–H and O–H groups in total. The number of rotatable bonds is 1. The van der Waals surface area contributed by atoms with Gasteiger partial charge in [0.1, 0.15) is 11.2 Å². The largest absolute Gasteiger partial charge is 0.485 e. The minimum Gasteiger partial charge on any atom is -0.485 e. The van der Waals surface area contributed by atoms with Crippen molar-refractivity contribution in [1.82, 2.24) is 9.97 Å². The zero-order valence-electron chi connectivity index (χ0n) is 9.22. The third kappa shape index (κ3) is 2.13. The second-order valence-electron chi connectivity index (χ2n) is 3.81. The summed E-state index contributed by atoms with van der Waals surface area (Å²) in [5.74, 6) is 2.14. The zero-order chi connectivity index (χ0) is 12.5. The number of benzene rings is 1. The summed E-state index contributed by atoms with van der Waals surface area (Å²) < 4.78 is 12.8. The van der Waals surface area contributed by atoms with Crippen LogP contribution < -0.4 is 9.47 Å². The fourth-order valence-electron chi connectivity index (χ4n) is 1.71. The van der Waals surface area contributed by atoms with Gasteiger partial charge in [-0.1, -0.05) is 24.4 Å². The Labute approximate surface area is 117 Å². The summed E-state index contributed by atoms with van der Waals surface area (Å²) in [5.41, 5.74) is 0. The van der Waals surface area contributed by atoms with Crippen molar-refractivity contribution in [2.24, 2.45) is 0 Å². The number of nitrogens with one attached hydrogen (secondary N) is 1.